The lowest BCUT2D eigenvalue weighted by atomic mass is 10.1. The number of hydrogen-bond donors (Lipinski definition) is 2. The monoisotopic (exact) mass is 277 g/mol. The summed E-state index contributed by atoms with van der Waals surface area (Å²) in [4.78, 5) is 6.90. The molecule has 3 rings (SSSR count). The molecule has 0 fully saturated rings. The van der Waals surface area contributed by atoms with E-state index < -0.39 is 11.7 Å². The molecule has 3 nitrogen and oxygen atoms in total. The molecule has 3 N–H and O–H groups in total. The molecule has 20 heavy (non-hydrogen) atoms. The summed E-state index contributed by atoms with van der Waals surface area (Å²) in [5.41, 5.74) is 6.53. The van der Waals surface area contributed by atoms with Crippen molar-refractivity contribution < 1.29 is 13.2 Å². The number of nitrogens with one attached hydrogen (secondary N) is 1. The average molecular weight is 277 g/mol. The number of fused-ring (bicyclic) bond motifs is 1. The molecule has 102 valence electrons. The Labute approximate surface area is 112 Å². The number of alkyl halides is 3. The van der Waals surface area contributed by atoms with Crippen LogP contribution in [0.2, 0.25) is 0 Å². The zero-order chi connectivity index (χ0) is 14.3. The number of benzene rings is 1. The largest absolute Gasteiger partial charge is 0.417 e. The van der Waals surface area contributed by atoms with Gasteiger partial charge in [0.25, 0.3) is 0 Å². The number of nitrogens with two attached hydrogens (primary N) is 1. The average Bonchev–Trinajstić information content (AvgIpc) is 2.81. The van der Waals surface area contributed by atoms with Gasteiger partial charge in [-0.05, 0) is 30.3 Å². The summed E-state index contributed by atoms with van der Waals surface area (Å²) in [6, 6.07) is 8.85. The van der Waals surface area contributed by atoms with Gasteiger partial charge in [0.1, 0.15) is 5.82 Å². The van der Waals surface area contributed by atoms with Gasteiger partial charge in [-0.2, -0.15) is 13.2 Å². The fourth-order valence-corrected chi connectivity index (χ4v) is 2.12. The molecule has 0 saturated heterocycles. The van der Waals surface area contributed by atoms with Crippen LogP contribution in [0.3, 0.4) is 0 Å². The van der Waals surface area contributed by atoms with Crippen LogP contribution in [0.1, 0.15) is 5.56 Å². The molecule has 3 aromatic rings. The van der Waals surface area contributed by atoms with Gasteiger partial charge in [0.05, 0.1) is 5.56 Å². The standard InChI is InChI=1S/C14H10F3N3/c15-14(16,17)10-2-1-3-11-9(10)6-12(20-11)8-4-5-13(18)19-7-8/h1-7,20H,(H2,18,19). The Bertz CT molecular complexity index is 757. The van der Waals surface area contributed by atoms with Crippen LogP contribution in [-0.2, 0) is 6.18 Å². The summed E-state index contributed by atoms with van der Waals surface area (Å²) < 4.78 is 38.8. The summed E-state index contributed by atoms with van der Waals surface area (Å²) in [5.74, 6) is 0.362. The maximum absolute atomic E-state index is 12.9. The zero-order valence-electron chi connectivity index (χ0n) is 10.2. The van der Waals surface area contributed by atoms with E-state index in [9.17, 15) is 13.2 Å². The molecule has 0 aliphatic rings. The minimum absolute atomic E-state index is 0.145. The number of nitrogen functional groups attached to an aromatic ring is 1. The smallest absolute Gasteiger partial charge is 0.384 e. The van der Waals surface area contributed by atoms with Crippen molar-refractivity contribution in [2.75, 3.05) is 5.73 Å². The molecule has 0 spiro atoms. The van der Waals surface area contributed by atoms with E-state index in [0.29, 0.717) is 22.6 Å². The van der Waals surface area contributed by atoms with Gasteiger partial charge < -0.3 is 10.7 Å². The predicted octanol–water partition coefficient (Wildman–Crippen LogP) is 3.83. The van der Waals surface area contributed by atoms with Crippen molar-refractivity contribution in [3.63, 3.8) is 0 Å². The van der Waals surface area contributed by atoms with E-state index >= 15 is 0 Å². The lowest BCUT2D eigenvalue weighted by Gasteiger charge is -2.06. The van der Waals surface area contributed by atoms with Gasteiger partial charge in [-0.3, -0.25) is 0 Å². The summed E-state index contributed by atoms with van der Waals surface area (Å²) in [5, 5.41) is 0.145. The fourth-order valence-electron chi connectivity index (χ4n) is 2.12. The summed E-state index contributed by atoms with van der Waals surface area (Å²) in [6.07, 6.45) is -2.86. The third kappa shape index (κ3) is 2.09. The number of hydrogen-bond acceptors (Lipinski definition) is 2. The maximum atomic E-state index is 12.9. The second kappa shape index (κ2) is 4.26. The fraction of sp³-hybridized carbons (Fsp3) is 0.0714. The number of halogens is 3. The van der Waals surface area contributed by atoms with Crippen molar-refractivity contribution in [2.24, 2.45) is 0 Å². The molecule has 2 heterocycles. The van der Waals surface area contributed by atoms with Crippen LogP contribution >= 0.6 is 0 Å². The van der Waals surface area contributed by atoms with Crippen LogP contribution in [0.5, 0.6) is 0 Å². The highest BCUT2D eigenvalue weighted by Crippen LogP contribution is 2.36. The van der Waals surface area contributed by atoms with E-state index in [0.717, 1.165) is 6.07 Å². The molecular weight excluding hydrogens is 267 g/mol. The van der Waals surface area contributed by atoms with E-state index in [-0.39, 0.29) is 5.39 Å². The number of pyridine rings is 1. The Kier molecular flexibility index (Phi) is 2.67. The predicted molar refractivity (Wildman–Crippen MR) is 70.9 cm³/mol. The summed E-state index contributed by atoms with van der Waals surface area (Å²) in [7, 11) is 0. The molecule has 0 radical (unpaired) electrons. The Morgan fingerprint density at radius 2 is 1.90 bits per heavy atom. The molecule has 0 aliphatic carbocycles. The van der Waals surface area contributed by atoms with Gasteiger partial charge in [0.15, 0.2) is 0 Å². The number of aromatic amines is 1. The number of rotatable bonds is 1. The Morgan fingerprint density at radius 3 is 2.55 bits per heavy atom. The van der Waals surface area contributed by atoms with E-state index in [4.69, 9.17) is 5.73 Å². The van der Waals surface area contributed by atoms with Crippen LogP contribution in [0.15, 0.2) is 42.6 Å². The number of H-pyrrole nitrogens is 1. The third-order valence-corrected chi connectivity index (χ3v) is 3.07. The van der Waals surface area contributed by atoms with Crippen molar-refractivity contribution in [3.05, 3.63) is 48.2 Å². The van der Waals surface area contributed by atoms with Crippen LogP contribution in [0.4, 0.5) is 19.0 Å². The first-order valence-corrected chi connectivity index (χ1v) is 5.86. The Morgan fingerprint density at radius 1 is 1.10 bits per heavy atom. The molecule has 1 aromatic carbocycles. The van der Waals surface area contributed by atoms with Crippen molar-refractivity contribution in [2.45, 2.75) is 6.18 Å². The summed E-state index contributed by atoms with van der Waals surface area (Å²) in [6.45, 7) is 0. The molecule has 0 bridgehead atoms. The van der Waals surface area contributed by atoms with Gasteiger partial charge in [-0.15, -0.1) is 0 Å². The second-order valence-electron chi connectivity index (χ2n) is 4.42. The molecule has 6 heteroatoms. The molecule has 0 unspecified atom stereocenters. The molecule has 0 amide bonds. The quantitative estimate of drug-likeness (QED) is 0.710. The molecule has 0 saturated carbocycles. The number of anilines is 1. The van der Waals surface area contributed by atoms with Crippen molar-refractivity contribution in [1.29, 1.82) is 0 Å². The Balaban J connectivity index is 2.18. The topological polar surface area (TPSA) is 54.7 Å². The van der Waals surface area contributed by atoms with Gasteiger partial charge >= 0.3 is 6.18 Å². The highest BCUT2D eigenvalue weighted by Gasteiger charge is 2.32. The van der Waals surface area contributed by atoms with E-state index in [2.05, 4.69) is 9.97 Å². The SMILES string of the molecule is Nc1ccc(-c2cc3c(C(F)(F)F)cccc3[nH]2)cn1. The van der Waals surface area contributed by atoms with Gasteiger partial charge in [-0.25, -0.2) is 4.98 Å². The minimum atomic E-state index is -4.38. The van der Waals surface area contributed by atoms with Crippen LogP contribution in [0, 0.1) is 0 Å². The Hall–Kier alpha value is -2.50. The first kappa shape index (κ1) is 12.5. The second-order valence-corrected chi connectivity index (χ2v) is 4.42. The molecule has 0 aliphatic heterocycles. The van der Waals surface area contributed by atoms with Crippen LogP contribution < -0.4 is 5.73 Å². The van der Waals surface area contributed by atoms with Gasteiger partial charge in [-0.1, -0.05) is 6.07 Å². The lowest BCUT2D eigenvalue weighted by Crippen LogP contribution is -2.04. The summed E-state index contributed by atoms with van der Waals surface area (Å²) >= 11 is 0. The zero-order valence-corrected chi connectivity index (χ0v) is 10.2. The number of aromatic nitrogens is 2. The minimum Gasteiger partial charge on any atom is -0.384 e. The molecule has 0 atom stereocenters. The normalized spacial score (nSPS) is 11.9. The van der Waals surface area contributed by atoms with Crippen molar-refractivity contribution in [3.8, 4) is 11.3 Å². The molecule has 2 aromatic heterocycles. The maximum Gasteiger partial charge on any atom is 0.417 e. The first-order chi connectivity index (χ1) is 9.45. The first-order valence-electron chi connectivity index (χ1n) is 5.86. The van der Waals surface area contributed by atoms with Crippen molar-refractivity contribution >= 4 is 16.7 Å². The number of nitrogens with zero attached hydrogens (tertiary/aromatic N) is 1. The lowest BCUT2D eigenvalue weighted by molar-refractivity contribution is -0.136. The van der Waals surface area contributed by atoms with Crippen LogP contribution in [0.25, 0.3) is 22.2 Å². The van der Waals surface area contributed by atoms with Crippen molar-refractivity contribution in [1.82, 2.24) is 9.97 Å². The highest BCUT2D eigenvalue weighted by atomic mass is 19.4. The van der Waals surface area contributed by atoms with Crippen LogP contribution in [-0.4, -0.2) is 9.97 Å². The van der Waals surface area contributed by atoms with E-state index in [1.807, 2.05) is 0 Å². The third-order valence-electron chi connectivity index (χ3n) is 3.07. The van der Waals surface area contributed by atoms with E-state index in [1.54, 1.807) is 18.2 Å². The van der Waals surface area contributed by atoms with E-state index in [1.165, 1.54) is 18.3 Å². The molecular formula is C14H10F3N3. The van der Waals surface area contributed by atoms with Gasteiger partial charge in [0, 0.05) is 28.4 Å². The highest BCUT2D eigenvalue weighted by molar-refractivity contribution is 5.89. The van der Waals surface area contributed by atoms with Gasteiger partial charge in [0.2, 0.25) is 0 Å².